The first-order valence-corrected chi connectivity index (χ1v) is 7.99. The van der Waals surface area contributed by atoms with E-state index < -0.39 is 0 Å². The van der Waals surface area contributed by atoms with Crippen molar-refractivity contribution >= 4 is 15.9 Å². The molecule has 3 heterocycles. The van der Waals surface area contributed by atoms with Crippen molar-refractivity contribution in [3.63, 3.8) is 0 Å². The SMILES string of the molecule is CC1CCn2c(CN3CCCCC3)nc(Br)c2C1. The third kappa shape index (κ3) is 2.50. The van der Waals surface area contributed by atoms with Gasteiger partial charge < -0.3 is 4.57 Å². The number of halogens is 1. The molecule has 3 nitrogen and oxygen atoms in total. The van der Waals surface area contributed by atoms with Crippen LogP contribution in [0.1, 0.15) is 44.1 Å². The van der Waals surface area contributed by atoms with Crippen molar-refractivity contribution in [2.24, 2.45) is 5.92 Å². The topological polar surface area (TPSA) is 21.1 Å². The molecule has 2 aliphatic heterocycles. The minimum Gasteiger partial charge on any atom is -0.330 e. The molecule has 3 rings (SSSR count). The highest BCUT2D eigenvalue weighted by molar-refractivity contribution is 9.10. The van der Waals surface area contributed by atoms with Crippen molar-refractivity contribution in [3.05, 3.63) is 16.1 Å². The first-order valence-electron chi connectivity index (χ1n) is 7.20. The molecule has 18 heavy (non-hydrogen) atoms. The van der Waals surface area contributed by atoms with E-state index in [0.29, 0.717) is 0 Å². The summed E-state index contributed by atoms with van der Waals surface area (Å²) in [5.74, 6) is 2.07. The largest absolute Gasteiger partial charge is 0.330 e. The minimum atomic E-state index is 0.799. The van der Waals surface area contributed by atoms with Crippen molar-refractivity contribution < 1.29 is 0 Å². The number of rotatable bonds is 2. The van der Waals surface area contributed by atoms with E-state index in [9.17, 15) is 0 Å². The van der Waals surface area contributed by atoms with E-state index in [0.717, 1.165) is 23.6 Å². The van der Waals surface area contributed by atoms with Crippen LogP contribution in [0.15, 0.2) is 4.60 Å². The van der Waals surface area contributed by atoms with E-state index in [-0.39, 0.29) is 0 Å². The summed E-state index contributed by atoms with van der Waals surface area (Å²) in [5.41, 5.74) is 1.42. The summed E-state index contributed by atoms with van der Waals surface area (Å²) in [6.07, 6.45) is 6.57. The Morgan fingerprint density at radius 2 is 2.00 bits per heavy atom. The van der Waals surface area contributed by atoms with Crippen LogP contribution in [0.3, 0.4) is 0 Å². The third-order valence-corrected chi connectivity index (χ3v) is 4.94. The molecular formula is C14H22BrN3. The Bertz CT molecular complexity index is 421. The number of hydrogen-bond donors (Lipinski definition) is 0. The van der Waals surface area contributed by atoms with Gasteiger partial charge in [0.1, 0.15) is 10.4 Å². The Morgan fingerprint density at radius 1 is 1.22 bits per heavy atom. The first kappa shape index (κ1) is 12.7. The Kier molecular flexibility index (Phi) is 3.76. The van der Waals surface area contributed by atoms with Crippen molar-refractivity contribution in [3.8, 4) is 0 Å². The lowest BCUT2D eigenvalue weighted by atomic mass is 9.99. The predicted octanol–water partition coefficient (Wildman–Crippen LogP) is 3.21. The van der Waals surface area contributed by atoms with Crippen LogP contribution in [-0.2, 0) is 19.5 Å². The van der Waals surface area contributed by atoms with E-state index >= 15 is 0 Å². The normalized spacial score (nSPS) is 25.1. The zero-order valence-electron chi connectivity index (χ0n) is 11.2. The molecule has 4 heteroatoms. The van der Waals surface area contributed by atoms with E-state index in [1.54, 1.807) is 0 Å². The molecule has 1 fully saturated rings. The van der Waals surface area contributed by atoms with Crippen molar-refractivity contribution in [1.29, 1.82) is 0 Å². The lowest BCUT2D eigenvalue weighted by molar-refractivity contribution is 0.211. The van der Waals surface area contributed by atoms with Crippen LogP contribution in [0, 0.1) is 5.92 Å². The third-order valence-electron chi connectivity index (χ3n) is 4.30. The molecule has 0 aromatic carbocycles. The van der Waals surface area contributed by atoms with Crippen LogP contribution in [0.2, 0.25) is 0 Å². The summed E-state index contributed by atoms with van der Waals surface area (Å²) in [6.45, 7) is 7.02. The average molecular weight is 312 g/mol. The smallest absolute Gasteiger partial charge is 0.127 e. The fraction of sp³-hybridized carbons (Fsp3) is 0.786. The van der Waals surface area contributed by atoms with Crippen LogP contribution in [0.25, 0.3) is 0 Å². The standard InChI is InChI=1S/C14H22BrN3/c1-11-5-8-18-12(9-11)14(15)16-13(18)10-17-6-3-2-4-7-17/h11H,2-10H2,1H3. The molecule has 0 aliphatic carbocycles. The highest BCUT2D eigenvalue weighted by Crippen LogP contribution is 2.28. The molecule has 0 spiro atoms. The summed E-state index contributed by atoms with van der Waals surface area (Å²) < 4.78 is 3.54. The second-order valence-electron chi connectivity index (χ2n) is 5.85. The summed E-state index contributed by atoms with van der Waals surface area (Å²) in [4.78, 5) is 7.32. The molecule has 1 atom stereocenters. The molecule has 0 N–H and O–H groups in total. The number of nitrogens with zero attached hydrogens (tertiary/aromatic N) is 3. The lowest BCUT2D eigenvalue weighted by Crippen LogP contribution is -2.31. The molecule has 1 aromatic heterocycles. The van der Waals surface area contributed by atoms with Gasteiger partial charge in [0.2, 0.25) is 0 Å². The lowest BCUT2D eigenvalue weighted by Gasteiger charge is -2.27. The van der Waals surface area contributed by atoms with Gasteiger partial charge in [-0.15, -0.1) is 0 Å². The summed E-state index contributed by atoms with van der Waals surface area (Å²) in [5, 5.41) is 0. The molecule has 2 aliphatic rings. The average Bonchev–Trinajstić information content (AvgIpc) is 2.67. The zero-order valence-corrected chi connectivity index (χ0v) is 12.7. The van der Waals surface area contributed by atoms with Gasteiger partial charge in [-0.25, -0.2) is 4.98 Å². The summed E-state index contributed by atoms with van der Waals surface area (Å²) in [7, 11) is 0. The highest BCUT2D eigenvalue weighted by atomic mass is 79.9. The molecule has 1 unspecified atom stereocenters. The summed E-state index contributed by atoms with van der Waals surface area (Å²) >= 11 is 3.64. The van der Waals surface area contributed by atoms with Crippen LogP contribution >= 0.6 is 15.9 Å². The maximum absolute atomic E-state index is 4.76. The highest BCUT2D eigenvalue weighted by Gasteiger charge is 2.23. The second kappa shape index (κ2) is 5.33. The monoisotopic (exact) mass is 311 g/mol. The number of imidazole rings is 1. The molecule has 0 amide bonds. The fourth-order valence-electron chi connectivity index (χ4n) is 3.18. The van der Waals surface area contributed by atoms with Gasteiger partial charge in [-0.05, 0) is 60.6 Å². The summed E-state index contributed by atoms with van der Waals surface area (Å²) in [6, 6.07) is 0. The zero-order chi connectivity index (χ0) is 12.5. The molecule has 0 bridgehead atoms. The van der Waals surface area contributed by atoms with Crippen LogP contribution in [-0.4, -0.2) is 27.5 Å². The van der Waals surface area contributed by atoms with Crippen LogP contribution in [0.4, 0.5) is 0 Å². The first-order chi connectivity index (χ1) is 8.74. The van der Waals surface area contributed by atoms with Crippen LogP contribution in [0.5, 0.6) is 0 Å². The molecule has 1 aromatic rings. The number of piperidine rings is 1. The van der Waals surface area contributed by atoms with Crippen LogP contribution < -0.4 is 0 Å². The molecule has 0 saturated carbocycles. The Balaban J connectivity index is 1.78. The number of fused-ring (bicyclic) bond motifs is 1. The second-order valence-corrected chi connectivity index (χ2v) is 6.60. The quantitative estimate of drug-likeness (QED) is 0.836. The molecule has 100 valence electrons. The van der Waals surface area contributed by atoms with Crippen molar-refractivity contribution in [2.75, 3.05) is 13.1 Å². The fourth-order valence-corrected chi connectivity index (χ4v) is 3.76. The van der Waals surface area contributed by atoms with Gasteiger partial charge in [0.25, 0.3) is 0 Å². The molecule has 1 saturated heterocycles. The molecule has 0 radical (unpaired) electrons. The van der Waals surface area contributed by atoms with Gasteiger partial charge in [-0.3, -0.25) is 4.90 Å². The molecular weight excluding hydrogens is 290 g/mol. The van der Waals surface area contributed by atoms with Crippen molar-refractivity contribution in [2.45, 2.75) is 52.1 Å². The van der Waals surface area contributed by atoms with Gasteiger partial charge in [0.05, 0.1) is 12.2 Å². The Hall–Kier alpha value is -0.350. The van der Waals surface area contributed by atoms with E-state index in [2.05, 4.69) is 32.3 Å². The van der Waals surface area contributed by atoms with Gasteiger partial charge in [-0.1, -0.05) is 13.3 Å². The van der Waals surface area contributed by atoms with E-state index in [4.69, 9.17) is 4.98 Å². The van der Waals surface area contributed by atoms with Gasteiger partial charge in [0, 0.05) is 6.54 Å². The van der Waals surface area contributed by atoms with E-state index in [1.807, 2.05) is 0 Å². The van der Waals surface area contributed by atoms with Gasteiger partial charge in [-0.2, -0.15) is 0 Å². The maximum atomic E-state index is 4.76. The van der Waals surface area contributed by atoms with E-state index in [1.165, 1.54) is 56.7 Å². The minimum absolute atomic E-state index is 0.799. The maximum Gasteiger partial charge on any atom is 0.127 e. The van der Waals surface area contributed by atoms with Gasteiger partial charge in [0.15, 0.2) is 0 Å². The number of aromatic nitrogens is 2. The Labute approximate surface area is 118 Å². The predicted molar refractivity (Wildman–Crippen MR) is 76.5 cm³/mol. The number of hydrogen-bond acceptors (Lipinski definition) is 2. The Morgan fingerprint density at radius 3 is 2.78 bits per heavy atom. The number of likely N-dealkylation sites (tertiary alicyclic amines) is 1. The van der Waals surface area contributed by atoms with Crippen molar-refractivity contribution in [1.82, 2.24) is 14.5 Å². The van der Waals surface area contributed by atoms with Gasteiger partial charge >= 0.3 is 0 Å².